The molecule has 2 aromatic carbocycles. The Morgan fingerprint density at radius 2 is 1.71 bits per heavy atom. The Hall–Kier alpha value is -2.48. The minimum Gasteiger partial charge on any atom is -0.506 e. The molecule has 0 aliphatic heterocycles. The van der Waals surface area contributed by atoms with E-state index >= 15 is 0 Å². The molecule has 0 amide bonds. The van der Waals surface area contributed by atoms with Crippen LogP contribution in [0.4, 0.5) is 18.9 Å². The van der Waals surface area contributed by atoms with E-state index in [1.807, 2.05) is 11.6 Å². The van der Waals surface area contributed by atoms with E-state index in [0.29, 0.717) is 17.7 Å². The van der Waals surface area contributed by atoms with E-state index in [9.17, 15) is 26.7 Å². The van der Waals surface area contributed by atoms with Crippen molar-refractivity contribution in [3.05, 3.63) is 64.6 Å². The quantitative estimate of drug-likeness (QED) is 0.809. The van der Waals surface area contributed by atoms with Crippen LogP contribution in [-0.2, 0) is 16.2 Å². The highest BCUT2D eigenvalue weighted by atomic mass is 32.2. The summed E-state index contributed by atoms with van der Waals surface area (Å²) in [5.74, 6) is -0.602. The zero-order chi connectivity index (χ0) is 18.0. The average Bonchev–Trinajstić information content (AvgIpc) is 2.48. The summed E-state index contributed by atoms with van der Waals surface area (Å²) in [5, 5.41) is 10.4. The molecular formula is C16H14F3NO3S. The summed E-state index contributed by atoms with van der Waals surface area (Å²) >= 11 is 0. The van der Waals surface area contributed by atoms with Gasteiger partial charge in [-0.25, -0.2) is 8.42 Å². The smallest absolute Gasteiger partial charge is 0.416 e. The van der Waals surface area contributed by atoms with Gasteiger partial charge in [-0.1, -0.05) is 29.8 Å². The lowest BCUT2D eigenvalue weighted by Crippen LogP contribution is -2.11. The summed E-state index contributed by atoms with van der Waals surface area (Å²) in [7, 11) is -4.09. The Kier molecular flexibility index (Phi) is 4.88. The number of hydrogen-bond acceptors (Lipinski definition) is 3. The van der Waals surface area contributed by atoms with Crippen LogP contribution in [0.3, 0.4) is 0 Å². The molecule has 8 heteroatoms. The molecule has 4 nitrogen and oxygen atoms in total. The molecule has 0 saturated heterocycles. The van der Waals surface area contributed by atoms with Crippen molar-refractivity contribution in [3.8, 4) is 5.75 Å². The van der Waals surface area contributed by atoms with E-state index in [-0.39, 0.29) is 0 Å². The highest BCUT2D eigenvalue weighted by Crippen LogP contribution is 2.34. The molecule has 0 aliphatic rings. The predicted octanol–water partition coefficient (Wildman–Crippen LogP) is 4.13. The van der Waals surface area contributed by atoms with Gasteiger partial charge in [0.2, 0.25) is 0 Å². The number of sulfonamides is 1. The Labute approximate surface area is 137 Å². The number of hydrogen-bond donors (Lipinski definition) is 2. The van der Waals surface area contributed by atoms with Crippen LogP contribution in [0.2, 0.25) is 0 Å². The monoisotopic (exact) mass is 357 g/mol. The van der Waals surface area contributed by atoms with E-state index in [0.717, 1.165) is 17.0 Å². The van der Waals surface area contributed by atoms with Crippen molar-refractivity contribution in [1.82, 2.24) is 0 Å². The highest BCUT2D eigenvalue weighted by Gasteiger charge is 2.31. The minimum absolute atomic E-state index is 0.534. The Bertz CT molecular complexity index is 857. The molecule has 0 unspecified atom stereocenters. The lowest BCUT2D eigenvalue weighted by atomic mass is 10.2. The molecule has 0 heterocycles. The Balaban J connectivity index is 2.24. The number of phenols is 1. The van der Waals surface area contributed by atoms with Gasteiger partial charge in [-0.2, -0.15) is 13.2 Å². The van der Waals surface area contributed by atoms with Crippen molar-refractivity contribution in [3.63, 3.8) is 0 Å². The summed E-state index contributed by atoms with van der Waals surface area (Å²) in [6, 6.07) is 8.95. The number of aromatic hydroxyl groups is 1. The van der Waals surface area contributed by atoms with Gasteiger partial charge < -0.3 is 5.11 Å². The maximum Gasteiger partial charge on any atom is 0.416 e. The van der Waals surface area contributed by atoms with Crippen molar-refractivity contribution >= 4 is 21.8 Å². The molecule has 2 aromatic rings. The first-order chi connectivity index (χ1) is 11.1. The van der Waals surface area contributed by atoms with Crippen molar-refractivity contribution < 1.29 is 26.7 Å². The second kappa shape index (κ2) is 6.56. The first-order valence-corrected chi connectivity index (χ1v) is 8.29. The van der Waals surface area contributed by atoms with Gasteiger partial charge in [-0.05, 0) is 36.8 Å². The normalized spacial score (nSPS) is 12.5. The van der Waals surface area contributed by atoms with E-state index < -0.39 is 33.2 Å². The molecule has 0 spiro atoms. The van der Waals surface area contributed by atoms with Gasteiger partial charge in [0.15, 0.2) is 0 Å². The molecule has 2 rings (SSSR count). The van der Waals surface area contributed by atoms with Gasteiger partial charge in [-0.15, -0.1) is 0 Å². The number of aryl methyl sites for hydroxylation is 1. The number of nitrogens with one attached hydrogen (secondary N) is 1. The lowest BCUT2D eigenvalue weighted by molar-refractivity contribution is -0.137. The second-order valence-corrected chi connectivity index (χ2v) is 6.66. The van der Waals surface area contributed by atoms with E-state index in [4.69, 9.17) is 0 Å². The Morgan fingerprint density at radius 3 is 2.29 bits per heavy atom. The van der Waals surface area contributed by atoms with E-state index in [1.165, 1.54) is 6.08 Å². The number of benzene rings is 2. The standard InChI is InChI=1S/C16H14F3NO3S/c1-11-2-4-12(5-3-11)8-9-24(22,23)20-14-10-13(16(17,18)19)6-7-15(14)21/h2-10,20-21H,1H3. The summed E-state index contributed by atoms with van der Waals surface area (Å²) < 4.78 is 63.8. The van der Waals surface area contributed by atoms with Gasteiger partial charge in [0.25, 0.3) is 10.0 Å². The molecular weight excluding hydrogens is 343 g/mol. The van der Waals surface area contributed by atoms with Crippen molar-refractivity contribution in [1.29, 1.82) is 0 Å². The Morgan fingerprint density at radius 1 is 1.08 bits per heavy atom. The third-order valence-corrected chi connectivity index (χ3v) is 4.09. The third kappa shape index (κ3) is 4.76. The largest absolute Gasteiger partial charge is 0.506 e. The molecule has 0 aromatic heterocycles. The van der Waals surface area contributed by atoms with Crippen molar-refractivity contribution in [2.24, 2.45) is 0 Å². The summed E-state index contributed by atoms with van der Waals surface area (Å²) in [6.07, 6.45) is -3.35. The number of phenolic OH excluding ortho intramolecular Hbond substituents is 1. The zero-order valence-corrected chi connectivity index (χ0v) is 13.3. The van der Waals surface area contributed by atoms with Crippen LogP contribution in [0.15, 0.2) is 47.9 Å². The van der Waals surface area contributed by atoms with Crippen molar-refractivity contribution in [2.45, 2.75) is 13.1 Å². The number of rotatable bonds is 4. The lowest BCUT2D eigenvalue weighted by Gasteiger charge is -2.11. The summed E-state index contributed by atoms with van der Waals surface area (Å²) in [5.41, 5.74) is 0.000143. The summed E-state index contributed by atoms with van der Waals surface area (Å²) in [6.45, 7) is 1.88. The molecule has 24 heavy (non-hydrogen) atoms. The van der Waals surface area contributed by atoms with Crippen LogP contribution >= 0.6 is 0 Å². The first kappa shape index (κ1) is 17.9. The fraction of sp³-hybridized carbons (Fsp3) is 0.125. The maximum absolute atomic E-state index is 12.7. The van der Waals surface area contributed by atoms with Crippen LogP contribution < -0.4 is 4.72 Å². The number of anilines is 1. The predicted molar refractivity (Wildman–Crippen MR) is 85.9 cm³/mol. The second-order valence-electron chi connectivity index (χ2n) is 5.09. The highest BCUT2D eigenvalue weighted by molar-refractivity contribution is 7.95. The fourth-order valence-electron chi connectivity index (χ4n) is 1.83. The maximum atomic E-state index is 12.7. The molecule has 0 atom stereocenters. The van der Waals surface area contributed by atoms with Gasteiger partial charge in [0.05, 0.1) is 16.7 Å². The summed E-state index contributed by atoms with van der Waals surface area (Å²) in [4.78, 5) is 0. The van der Waals surface area contributed by atoms with Gasteiger partial charge >= 0.3 is 6.18 Å². The van der Waals surface area contributed by atoms with Crippen LogP contribution in [0, 0.1) is 6.92 Å². The molecule has 2 N–H and O–H groups in total. The molecule has 0 fully saturated rings. The van der Waals surface area contributed by atoms with Gasteiger partial charge in [-0.3, -0.25) is 4.72 Å². The van der Waals surface area contributed by atoms with Gasteiger partial charge in [0, 0.05) is 0 Å². The molecule has 0 radical (unpaired) electrons. The topological polar surface area (TPSA) is 66.4 Å². The third-order valence-electron chi connectivity index (χ3n) is 3.09. The average molecular weight is 357 g/mol. The molecule has 0 aliphatic carbocycles. The van der Waals surface area contributed by atoms with Crippen LogP contribution in [0.25, 0.3) is 6.08 Å². The molecule has 0 saturated carbocycles. The minimum atomic E-state index is -4.65. The van der Waals surface area contributed by atoms with Crippen molar-refractivity contribution in [2.75, 3.05) is 4.72 Å². The van der Waals surface area contributed by atoms with Crippen LogP contribution in [0.1, 0.15) is 16.7 Å². The number of alkyl halides is 3. The van der Waals surface area contributed by atoms with Gasteiger partial charge in [0.1, 0.15) is 5.75 Å². The fourth-order valence-corrected chi connectivity index (χ4v) is 2.70. The first-order valence-electron chi connectivity index (χ1n) is 6.75. The van der Waals surface area contributed by atoms with E-state index in [2.05, 4.69) is 0 Å². The number of halogens is 3. The zero-order valence-electron chi connectivity index (χ0n) is 12.5. The molecule has 0 bridgehead atoms. The SMILES string of the molecule is Cc1ccc(C=CS(=O)(=O)Nc2cc(C(F)(F)F)ccc2O)cc1. The van der Waals surface area contributed by atoms with Crippen LogP contribution in [0.5, 0.6) is 5.75 Å². The van der Waals surface area contributed by atoms with E-state index in [1.54, 1.807) is 24.3 Å². The van der Waals surface area contributed by atoms with Crippen LogP contribution in [-0.4, -0.2) is 13.5 Å². The molecule has 128 valence electrons.